The van der Waals surface area contributed by atoms with Gasteiger partial charge in [0.05, 0.1) is 0 Å². The summed E-state index contributed by atoms with van der Waals surface area (Å²) in [5.41, 5.74) is 3.93. The van der Waals surface area contributed by atoms with Crippen LogP contribution >= 0.6 is 0 Å². The summed E-state index contributed by atoms with van der Waals surface area (Å²) in [5, 5.41) is 0. The lowest BCUT2D eigenvalue weighted by Gasteiger charge is -2.31. The smallest absolute Gasteiger partial charge is 0.124 e. The highest BCUT2D eigenvalue weighted by atomic mass is 16.5. The summed E-state index contributed by atoms with van der Waals surface area (Å²) in [5.74, 6) is 1.60. The van der Waals surface area contributed by atoms with E-state index in [-0.39, 0.29) is 6.10 Å². The molecule has 0 fully saturated rings. The predicted molar refractivity (Wildman–Crippen MR) is 74.0 cm³/mol. The lowest BCUT2D eigenvalue weighted by molar-refractivity contribution is 0.164. The van der Waals surface area contributed by atoms with E-state index in [1.807, 2.05) is 6.07 Å². The summed E-state index contributed by atoms with van der Waals surface area (Å²) in [4.78, 5) is 0. The molecule has 1 nitrogen and oxygen atoms in total. The molecule has 2 unspecified atom stereocenters. The van der Waals surface area contributed by atoms with Gasteiger partial charge >= 0.3 is 0 Å². The number of aryl methyl sites for hydroxylation is 1. The van der Waals surface area contributed by atoms with Crippen molar-refractivity contribution < 1.29 is 4.74 Å². The third-order valence-corrected chi connectivity index (χ3v) is 3.70. The first kappa shape index (κ1) is 11.3. The lowest BCUT2D eigenvalue weighted by atomic mass is 9.88. The molecule has 2 aromatic carbocycles. The van der Waals surface area contributed by atoms with Crippen LogP contribution in [0.2, 0.25) is 0 Å². The highest BCUT2D eigenvalue weighted by Crippen LogP contribution is 2.41. The van der Waals surface area contributed by atoms with Crippen molar-refractivity contribution in [1.82, 2.24) is 0 Å². The maximum Gasteiger partial charge on any atom is 0.124 e. The van der Waals surface area contributed by atoms with Crippen LogP contribution in [0, 0.1) is 6.92 Å². The zero-order valence-corrected chi connectivity index (χ0v) is 10.9. The molecule has 0 N–H and O–H groups in total. The fourth-order valence-electron chi connectivity index (χ4n) is 2.68. The first-order valence-corrected chi connectivity index (χ1v) is 6.56. The summed E-state index contributed by atoms with van der Waals surface area (Å²) in [6.07, 6.45) is 1.25. The molecule has 2 atom stereocenters. The van der Waals surface area contributed by atoms with Gasteiger partial charge < -0.3 is 4.74 Å². The monoisotopic (exact) mass is 238 g/mol. The van der Waals surface area contributed by atoms with E-state index in [1.165, 1.54) is 16.7 Å². The Kier molecular flexibility index (Phi) is 2.83. The normalized spacial score (nSPS) is 22.1. The number of ether oxygens (including phenoxy) is 1. The van der Waals surface area contributed by atoms with Crippen molar-refractivity contribution in [2.45, 2.75) is 32.3 Å². The highest BCUT2D eigenvalue weighted by Gasteiger charge is 2.26. The van der Waals surface area contributed by atoms with E-state index in [2.05, 4.69) is 56.3 Å². The van der Waals surface area contributed by atoms with Gasteiger partial charge in [-0.05, 0) is 36.5 Å². The van der Waals surface area contributed by atoms with E-state index in [1.54, 1.807) is 0 Å². The molecule has 0 amide bonds. The number of rotatable bonds is 1. The summed E-state index contributed by atoms with van der Waals surface area (Å²) < 4.78 is 6.14. The minimum Gasteiger partial charge on any atom is -0.485 e. The van der Waals surface area contributed by atoms with Crippen molar-refractivity contribution in [3.63, 3.8) is 0 Å². The summed E-state index contributed by atoms with van der Waals surface area (Å²) >= 11 is 0. The van der Waals surface area contributed by atoms with Crippen molar-refractivity contribution in [1.29, 1.82) is 0 Å². The van der Waals surface area contributed by atoms with Crippen molar-refractivity contribution in [2.24, 2.45) is 0 Å². The van der Waals surface area contributed by atoms with Crippen molar-refractivity contribution in [3.8, 4) is 5.75 Å². The fraction of sp³-hybridized carbons (Fsp3) is 0.294. The molecule has 0 saturated heterocycles. The average Bonchev–Trinajstić information content (AvgIpc) is 2.40. The van der Waals surface area contributed by atoms with Crippen LogP contribution in [-0.2, 0) is 0 Å². The Morgan fingerprint density at radius 1 is 1.06 bits per heavy atom. The van der Waals surface area contributed by atoms with Crippen LogP contribution in [0.5, 0.6) is 5.75 Å². The van der Waals surface area contributed by atoms with E-state index in [4.69, 9.17) is 4.74 Å². The molecule has 3 rings (SSSR count). The molecular formula is C17H18O. The van der Waals surface area contributed by atoms with Crippen LogP contribution in [0.4, 0.5) is 0 Å². The van der Waals surface area contributed by atoms with Gasteiger partial charge in [-0.3, -0.25) is 0 Å². The van der Waals surface area contributed by atoms with Gasteiger partial charge in [-0.15, -0.1) is 0 Å². The first-order valence-electron chi connectivity index (χ1n) is 6.56. The van der Waals surface area contributed by atoms with Crippen molar-refractivity contribution >= 4 is 0 Å². The Hall–Kier alpha value is -1.76. The minimum atomic E-state index is 0.191. The number of hydrogen-bond donors (Lipinski definition) is 0. The summed E-state index contributed by atoms with van der Waals surface area (Å²) in [7, 11) is 0. The molecule has 1 aliphatic heterocycles. The highest BCUT2D eigenvalue weighted by molar-refractivity contribution is 5.41. The van der Waals surface area contributed by atoms with Gasteiger partial charge in [0.25, 0.3) is 0 Å². The molecule has 0 bridgehead atoms. The Morgan fingerprint density at radius 2 is 1.83 bits per heavy atom. The molecular weight excluding hydrogens is 220 g/mol. The molecule has 0 radical (unpaired) electrons. The molecule has 0 aromatic heterocycles. The van der Waals surface area contributed by atoms with Gasteiger partial charge in [-0.1, -0.05) is 55.0 Å². The molecule has 0 saturated carbocycles. The molecule has 1 heterocycles. The second-order valence-corrected chi connectivity index (χ2v) is 5.20. The van der Waals surface area contributed by atoms with Gasteiger partial charge in [-0.25, -0.2) is 0 Å². The second-order valence-electron chi connectivity index (χ2n) is 5.20. The largest absolute Gasteiger partial charge is 0.485 e. The van der Waals surface area contributed by atoms with Crippen LogP contribution < -0.4 is 4.74 Å². The molecule has 0 aliphatic carbocycles. The Labute approximate surface area is 108 Å². The van der Waals surface area contributed by atoms with Crippen molar-refractivity contribution in [3.05, 3.63) is 65.2 Å². The quantitative estimate of drug-likeness (QED) is 0.704. The van der Waals surface area contributed by atoms with Gasteiger partial charge in [0.1, 0.15) is 11.9 Å². The fourth-order valence-corrected chi connectivity index (χ4v) is 2.68. The summed E-state index contributed by atoms with van der Waals surface area (Å²) in [6, 6.07) is 17.0. The van der Waals surface area contributed by atoms with Gasteiger partial charge in [0, 0.05) is 0 Å². The van der Waals surface area contributed by atoms with Crippen LogP contribution in [0.25, 0.3) is 0 Å². The number of fused-ring (bicyclic) bond motifs is 1. The molecule has 18 heavy (non-hydrogen) atoms. The lowest BCUT2D eigenvalue weighted by Crippen LogP contribution is -2.17. The van der Waals surface area contributed by atoms with Crippen LogP contribution in [-0.4, -0.2) is 0 Å². The maximum absolute atomic E-state index is 6.14. The molecule has 1 heteroatoms. The third-order valence-electron chi connectivity index (χ3n) is 3.70. The molecule has 92 valence electrons. The van der Waals surface area contributed by atoms with Gasteiger partial charge in [-0.2, -0.15) is 0 Å². The van der Waals surface area contributed by atoms with E-state index in [0.29, 0.717) is 5.92 Å². The summed E-state index contributed by atoms with van der Waals surface area (Å²) in [6.45, 7) is 4.42. The van der Waals surface area contributed by atoms with Gasteiger partial charge in [0.15, 0.2) is 0 Å². The van der Waals surface area contributed by atoms with E-state index >= 15 is 0 Å². The van der Waals surface area contributed by atoms with Crippen LogP contribution in [0.1, 0.15) is 42.1 Å². The van der Waals surface area contributed by atoms with E-state index in [9.17, 15) is 0 Å². The SMILES string of the molecule is Cc1ccc2c(c1)C(C)CC(c1ccccc1)O2. The van der Waals surface area contributed by atoms with E-state index < -0.39 is 0 Å². The van der Waals surface area contributed by atoms with Crippen LogP contribution in [0.3, 0.4) is 0 Å². The van der Waals surface area contributed by atoms with Crippen molar-refractivity contribution in [2.75, 3.05) is 0 Å². The predicted octanol–water partition coefficient (Wildman–Crippen LogP) is 4.62. The number of benzene rings is 2. The molecule has 0 spiro atoms. The molecule has 1 aliphatic rings. The Bertz CT molecular complexity index is 545. The Morgan fingerprint density at radius 3 is 2.61 bits per heavy atom. The number of hydrogen-bond acceptors (Lipinski definition) is 1. The van der Waals surface area contributed by atoms with E-state index in [0.717, 1.165) is 12.2 Å². The zero-order chi connectivity index (χ0) is 12.5. The standard InChI is InChI=1S/C17H18O/c1-12-8-9-16-15(10-12)13(2)11-17(18-16)14-6-4-3-5-7-14/h3-10,13,17H,11H2,1-2H3. The minimum absolute atomic E-state index is 0.191. The average molecular weight is 238 g/mol. The maximum atomic E-state index is 6.14. The second kappa shape index (κ2) is 4.49. The van der Waals surface area contributed by atoms with Crippen LogP contribution in [0.15, 0.2) is 48.5 Å². The third kappa shape index (κ3) is 2.01. The zero-order valence-electron chi connectivity index (χ0n) is 10.9. The molecule has 2 aromatic rings. The van der Waals surface area contributed by atoms with Gasteiger partial charge in [0.2, 0.25) is 0 Å². The Balaban J connectivity index is 1.95. The first-order chi connectivity index (χ1) is 8.74. The topological polar surface area (TPSA) is 9.23 Å².